The highest BCUT2D eigenvalue weighted by atomic mass is 19.1. The molecule has 1 saturated heterocycles. The zero-order chi connectivity index (χ0) is 19.5. The summed E-state index contributed by atoms with van der Waals surface area (Å²) in [5, 5.41) is 7.25. The molecule has 1 fully saturated rings. The van der Waals surface area contributed by atoms with E-state index in [1.54, 1.807) is 20.4 Å². The molecule has 2 heterocycles. The van der Waals surface area contributed by atoms with Gasteiger partial charge in [0.2, 0.25) is 0 Å². The summed E-state index contributed by atoms with van der Waals surface area (Å²) in [4.78, 5) is 2.40. The van der Waals surface area contributed by atoms with E-state index in [1.165, 1.54) is 12.1 Å². The van der Waals surface area contributed by atoms with Gasteiger partial charge in [0.25, 0.3) is 0 Å². The van der Waals surface area contributed by atoms with Crippen LogP contribution in [0, 0.1) is 5.82 Å². The molecular weight excluding hydrogens is 357 g/mol. The maximum atomic E-state index is 13.4. The number of hydrogen-bond acceptors (Lipinski definition) is 4. The van der Waals surface area contributed by atoms with E-state index in [-0.39, 0.29) is 17.7 Å². The van der Waals surface area contributed by atoms with Gasteiger partial charge < -0.3 is 9.47 Å². The highest BCUT2D eigenvalue weighted by Crippen LogP contribution is 2.40. The maximum absolute atomic E-state index is 13.4. The third-order valence-electron chi connectivity index (χ3n) is 5.50. The molecule has 1 aromatic heterocycles. The van der Waals surface area contributed by atoms with Gasteiger partial charge in [0.05, 0.1) is 14.2 Å². The van der Waals surface area contributed by atoms with E-state index in [9.17, 15) is 4.39 Å². The molecule has 0 amide bonds. The first-order valence-electron chi connectivity index (χ1n) is 9.36. The van der Waals surface area contributed by atoms with Gasteiger partial charge >= 0.3 is 0 Å². The van der Waals surface area contributed by atoms with Crippen molar-refractivity contribution >= 4 is 0 Å². The van der Waals surface area contributed by atoms with E-state index >= 15 is 0 Å². The number of halogens is 1. The normalized spacial score (nSPS) is 19.7. The molecule has 0 unspecified atom stereocenters. The van der Waals surface area contributed by atoms with Crippen molar-refractivity contribution < 1.29 is 13.9 Å². The number of benzene rings is 2. The highest BCUT2D eigenvalue weighted by Gasteiger charge is 2.36. The molecular formula is C22H24FN3O2. The standard InChI is InChI=1S/C22H24FN3O2/c1-27-18-7-8-22(28-2)16(11-18)12-26-13-19(15-3-5-17(23)6-4-15)20(14-26)21-9-10-24-25-21/h3-11,19-20H,12-14H2,1-2H3,(H,24,25)/t19-,20+/m0/s1. The summed E-state index contributed by atoms with van der Waals surface area (Å²) in [5.74, 6) is 1.99. The van der Waals surface area contributed by atoms with Gasteiger partial charge in [-0.1, -0.05) is 12.1 Å². The summed E-state index contributed by atoms with van der Waals surface area (Å²) < 4.78 is 24.3. The minimum atomic E-state index is -0.210. The molecule has 3 aromatic rings. The Bertz CT molecular complexity index is 912. The minimum Gasteiger partial charge on any atom is -0.497 e. The fourth-order valence-electron chi connectivity index (χ4n) is 4.10. The minimum absolute atomic E-state index is 0.210. The van der Waals surface area contributed by atoms with Crippen LogP contribution in [0.2, 0.25) is 0 Å². The van der Waals surface area contributed by atoms with Crippen LogP contribution in [0.4, 0.5) is 4.39 Å². The van der Waals surface area contributed by atoms with Gasteiger partial charge in [-0.05, 0) is 42.0 Å². The number of nitrogens with zero attached hydrogens (tertiary/aromatic N) is 2. The van der Waals surface area contributed by atoms with Gasteiger partial charge in [0.1, 0.15) is 17.3 Å². The number of rotatable bonds is 6. The Morgan fingerprint density at radius 2 is 1.82 bits per heavy atom. The summed E-state index contributed by atoms with van der Waals surface area (Å²) in [6, 6.07) is 14.7. The van der Waals surface area contributed by atoms with E-state index in [2.05, 4.69) is 15.1 Å². The number of ether oxygens (including phenoxy) is 2. The number of hydrogen-bond donors (Lipinski definition) is 1. The Hall–Kier alpha value is -2.86. The first-order chi connectivity index (χ1) is 13.7. The van der Waals surface area contributed by atoms with E-state index in [0.29, 0.717) is 0 Å². The SMILES string of the molecule is COc1ccc(OC)c(CN2C[C@@H](c3ccc(F)cc3)[C@H](c3ccn[nH]3)C2)c1. The molecule has 0 aliphatic carbocycles. The number of likely N-dealkylation sites (tertiary alicyclic amines) is 1. The van der Waals surface area contributed by atoms with Gasteiger partial charge in [-0.2, -0.15) is 5.10 Å². The average molecular weight is 381 g/mol. The van der Waals surface area contributed by atoms with Gasteiger partial charge in [0.15, 0.2) is 0 Å². The molecule has 28 heavy (non-hydrogen) atoms. The quantitative estimate of drug-likeness (QED) is 0.702. The van der Waals surface area contributed by atoms with Gasteiger partial charge in [-0.25, -0.2) is 4.39 Å². The van der Waals surface area contributed by atoms with Crippen LogP contribution in [-0.4, -0.2) is 42.4 Å². The predicted octanol–water partition coefficient (Wildman–Crippen LogP) is 3.95. The lowest BCUT2D eigenvalue weighted by molar-refractivity contribution is 0.312. The smallest absolute Gasteiger partial charge is 0.123 e. The van der Waals surface area contributed by atoms with Crippen LogP contribution in [0.25, 0.3) is 0 Å². The molecule has 0 bridgehead atoms. The van der Waals surface area contributed by atoms with Crippen LogP contribution in [0.1, 0.15) is 28.7 Å². The van der Waals surface area contributed by atoms with E-state index in [0.717, 1.165) is 48.0 Å². The van der Waals surface area contributed by atoms with Crippen LogP contribution in [0.3, 0.4) is 0 Å². The summed E-state index contributed by atoms with van der Waals surface area (Å²) in [6.45, 7) is 2.50. The molecule has 1 N–H and O–H groups in total. The Kier molecular flexibility index (Phi) is 5.30. The van der Waals surface area contributed by atoms with Crippen LogP contribution < -0.4 is 9.47 Å². The molecule has 146 valence electrons. The van der Waals surface area contributed by atoms with Crippen LogP contribution in [0.5, 0.6) is 11.5 Å². The molecule has 5 nitrogen and oxygen atoms in total. The summed E-state index contributed by atoms with van der Waals surface area (Å²) in [6.07, 6.45) is 1.78. The van der Waals surface area contributed by atoms with Crippen molar-refractivity contribution in [3.8, 4) is 11.5 Å². The molecule has 6 heteroatoms. The molecule has 2 aromatic carbocycles. The first-order valence-corrected chi connectivity index (χ1v) is 9.36. The summed E-state index contributed by atoms with van der Waals surface area (Å²) in [7, 11) is 3.35. The molecule has 1 aliphatic heterocycles. The lowest BCUT2D eigenvalue weighted by Gasteiger charge is -2.18. The first kappa shape index (κ1) is 18.5. The van der Waals surface area contributed by atoms with Crippen LogP contribution >= 0.6 is 0 Å². The van der Waals surface area contributed by atoms with Crippen molar-refractivity contribution in [3.05, 3.63) is 77.4 Å². The van der Waals surface area contributed by atoms with Crippen LogP contribution in [0.15, 0.2) is 54.7 Å². The van der Waals surface area contributed by atoms with Crippen molar-refractivity contribution in [2.75, 3.05) is 27.3 Å². The Morgan fingerprint density at radius 3 is 2.50 bits per heavy atom. The number of H-pyrrole nitrogens is 1. The van der Waals surface area contributed by atoms with Crippen molar-refractivity contribution in [1.29, 1.82) is 0 Å². The highest BCUT2D eigenvalue weighted by molar-refractivity contribution is 5.40. The third-order valence-corrected chi connectivity index (χ3v) is 5.50. The van der Waals surface area contributed by atoms with Crippen molar-refractivity contribution in [2.45, 2.75) is 18.4 Å². The number of methoxy groups -OCH3 is 2. The van der Waals surface area contributed by atoms with Crippen LogP contribution in [-0.2, 0) is 6.54 Å². The predicted molar refractivity (Wildman–Crippen MR) is 105 cm³/mol. The largest absolute Gasteiger partial charge is 0.497 e. The molecule has 0 spiro atoms. The monoisotopic (exact) mass is 381 g/mol. The zero-order valence-electron chi connectivity index (χ0n) is 16.1. The number of nitrogens with one attached hydrogen (secondary N) is 1. The second-order valence-corrected chi connectivity index (χ2v) is 7.15. The lowest BCUT2D eigenvalue weighted by atomic mass is 9.87. The average Bonchev–Trinajstić information content (AvgIpc) is 3.38. The lowest BCUT2D eigenvalue weighted by Crippen LogP contribution is -2.20. The van der Waals surface area contributed by atoms with E-state index in [4.69, 9.17) is 9.47 Å². The van der Waals surface area contributed by atoms with Crippen molar-refractivity contribution in [3.63, 3.8) is 0 Å². The van der Waals surface area contributed by atoms with Gasteiger partial charge in [-0.3, -0.25) is 10.00 Å². The third kappa shape index (κ3) is 3.73. The molecule has 0 saturated carbocycles. The van der Waals surface area contributed by atoms with E-state index < -0.39 is 0 Å². The fourth-order valence-corrected chi connectivity index (χ4v) is 4.10. The van der Waals surface area contributed by atoms with Gasteiger partial charge in [0, 0.05) is 48.9 Å². The molecule has 1 aliphatic rings. The van der Waals surface area contributed by atoms with Crippen molar-refractivity contribution in [1.82, 2.24) is 15.1 Å². The molecule has 4 rings (SSSR count). The summed E-state index contributed by atoms with van der Waals surface area (Å²) in [5.41, 5.74) is 3.33. The van der Waals surface area contributed by atoms with E-state index in [1.807, 2.05) is 36.4 Å². The second-order valence-electron chi connectivity index (χ2n) is 7.15. The Morgan fingerprint density at radius 1 is 1.04 bits per heavy atom. The number of aromatic amines is 1. The molecule has 2 atom stereocenters. The molecule has 0 radical (unpaired) electrons. The zero-order valence-corrected chi connectivity index (χ0v) is 16.1. The topological polar surface area (TPSA) is 50.4 Å². The van der Waals surface area contributed by atoms with Crippen molar-refractivity contribution in [2.24, 2.45) is 0 Å². The Labute approximate surface area is 164 Å². The van der Waals surface area contributed by atoms with Gasteiger partial charge in [-0.15, -0.1) is 0 Å². The number of aromatic nitrogens is 2. The Balaban J connectivity index is 1.60. The fraction of sp³-hybridized carbons (Fsp3) is 0.318. The second kappa shape index (κ2) is 8.02. The summed E-state index contributed by atoms with van der Waals surface area (Å²) >= 11 is 0. The maximum Gasteiger partial charge on any atom is 0.123 e.